The zero-order valence-electron chi connectivity index (χ0n) is 8.71. The molecular formula is C13H13BrO2. The molecule has 16 heavy (non-hydrogen) atoms. The van der Waals surface area contributed by atoms with Crippen molar-refractivity contribution in [2.75, 3.05) is 0 Å². The number of ether oxygens (including phenoxy) is 1. The molecule has 0 fully saturated rings. The first-order chi connectivity index (χ1) is 7.75. The van der Waals surface area contributed by atoms with E-state index in [2.05, 4.69) is 15.9 Å². The molecule has 2 nitrogen and oxygen atoms in total. The van der Waals surface area contributed by atoms with E-state index in [0.717, 1.165) is 10.0 Å². The van der Waals surface area contributed by atoms with Crippen LogP contribution in [0.15, 0.2) is 53.0 Å². The summed E-state index contributed by atoms with van der Waals surface area (Å²) in [5.41, 5.74) is 1.11. The van der Waals surface area contributed by atoms with Gasteiger partial charge in [-0.25, -0.2) is 0 Å². The molecule has 2 atom stereocenters. The van der Waals surface area contributed by atoms with Crippen molar-refractivity contribution in [1.29, 1.82) is 0 Å². The van der Waals surface area contributed by atoms with E-state index in [1.807, 2.05) is 42.5 Å². The molecule has 0 aliphatic heterocycles. The van der Waals surface area contributed by atoms with Crippen LogP contribution < -0.4 is 0 Å². The van der Waals surface area contributed by atoms with Crippen molar-refractivity contribution in [3.05, 3.63) is 58.6 Å². The maximum Gasteiger partial charge on any atom is 0.106 e. The topological polar surface area (TPSA) is 29.5 Å². The van der Waals surface area contributed by atoms with E-state index < -0.39 is 6.10 Å². The lowest BCUT2D eigenvalue weighted by Crippen LogP contribution is -2.27. The Kier molecular flexibility index (Phi) is 3.93. The molecule has 1 N–H and O–H groups in total. The van der Waals surface area contributed by atoms with E-state index >= 15 is 0 Å². The second-order valence-electron chi connectivity index (χ2n) is 3.66. The molecule has 0 saturated heterocycles. The number of benzene rings is 1. The van der Waals surface area contributed by atoms with Crippen LogP contribution in [-0.4, -0.2) is 17.3 Å². The summed E-state index contributed by atoms with van der Waals surface area (Å²) in [6.45, 7) is 0.512. The Hall–Kier alpha value is -0.900. The summed E-state index contributed by atoms with van der Waals surface area (Å²) >= 11 is 3.31. The highest BCUT2D eigenvalue weighted by atomic mass is 79.9. The second-order valence-corrected chi connectivity index (χ2v) is 4.58. The minimum Gasteiger partial charge on any atom is -0.386 e. The van der Waals surface area contributed by atoms with Gasteiger partial charge in [-0.2, -0.15) is 0 Å². The Morgan fingerprint density at radius 1 is 1.25 bits per heavy atom. The fraction of sp³-hybridized carbons (Fsp3) is 0.231. The molecule has 0 amide bonds. The lowest BCUT2D eigenvalue weighted by molar-refractivity contribution is 0.000778. The molecule has 3 heteroatoms. The fourth-order valence-corrected chi connectivity index (χ4v) is 1.96. The molecule has 0 heterocycles. The molecule has 2 unspecified atom stereocenters. The van der Waals surface area contributed by atoms with Crippen molar-refractivity contribution in [1.82, 2.24) is 0 Å². The maximum absolute atomic E-state index is 9.73. The number of allylic oxidation sites excluding steroid dienone is 2. The zero-order valence-corrected chi connectivity index (χ0v) is 10.3. The van der Waals surface area contributed by atoms with Gasteiger partial charge in [-0.3, -0.25) is 0 Å². The highest BCUT2D eigenvalue weighted by molar-refractivity contribution is 9.11. The Morgan fingerprint density at radius 3 is 2.69 bits per heavy atom. The first kappa shape index (κ1) is 11.6. The largest absolute Gasteiger partial charge is 0.386 e. The van der Waals surface area contributed by atoms with Crippen molar-refractivity contribution in [3.63, 3.8) is 0 Å². The molecule has 0 spiro atoms. The average Bonchev–Trinajstić information content (AvgIpc) is 2.29. The molecule has 1 aliphatic carbocycles. The van der Waals surface area contributed by atoms with Gasteiger partial charge in [0.25, 0.3) is 0 Å². The summed E-state index contributed by atoms with van der Waals surface area (Å²) in [5, 5.41) is 9.73. The smallest absolute Gasteiger partial charge is 0.106 e. The Morgan fingerprint density at radius 2 is 2.00 bits per heavy atom. The highest BCUT2D eigenvalue weighted by Gasteiger charge is 2.18. The van der Waals surface area contributed by atoms with Crippen molar-refractivity contribution in [3.8, 4) is 0 Å². The molecule has 84 valence electrons. The minimum atomic E-state index is -0.580. The number of rotatable bonds is 3. The lowest BCUT2D eigenvalue weighted by atomic mass is 10.1. The van der Waals surface area contributed by atoms with Crippen molar-refractivity contribution in [2.45, 2.75) is 18.8 Å². The molecule has 1 aromatic rings. The van der Waals surface area contributed by atoms with Crippen LogP contribution in [0.1, 0.15) is 5.56 Å². The van der Waals surface area contributed by atoms with Crippen LogP contribution >= 0.6 is 15.9 Å². The second kappa shape index (κ2) is 5.43. The van der Waals surface area contributed by atoms with Gasteiger partial charge in [-0.1, -0.05) is 52.3 Å². The van der Waals surface area contributed by atoms with Crippen molar-refractivity contribution < 1.29 is 9.84 Å². The zero-order chi connectivity index (χ0) is 11.4. The Labute approximate surface area is 103 Å². The van der Waals surface area contributed by atoms with Crippen LogP contribution in [-0.2, 0) is 11.3 Å². The summed E-state index contributed by atoms with van der Waals surface area (Å²) in [6, 6.07) is 9.93. The van der Waals surface area contributed by atoms with Crippen LogP contribution in [0.3, 0.4) is 0 Å². The van der Waals surface area contributed by atoms with E-state index in [1.165, 1.54) is 0 Å². The van der Waals surface area contributed by atoms with Crippen LogP contribution in [0.25, 0.3) is 0 Å². The van der Waals surface area contributed by atoms with Gasteiger partial charge in [0, 0.05) is 4.48 Å². The third kappa shape index (κ3) is 3.04. The quantitative estimate of drug-likeness (QED) is 0.923. The van der Waals surface area contributed by atoms with E-state index in [1.54, 1.807) is 6.08 Å². The Balaban J connectivity index is 1.90. The van der Waals surface area contributed by atoms with Gasteiger partial charge in [0.2, 0.25) is 0 Å². The predicted molar refractivity (Wildman–Crippen MR) is 67.2 cm³/mol. The summed E-state index contributed by atoms with van der Waals surface area (Å²) in [6.07, 6.45) is 4.64. The van der Waals surface area contributed by atoms with E-state index in [0.29, 0.717) is 6.61 Å². The number of aliphatic hydroxyl groups is 1. The van der Waals surface area contributed by atoms with Crippen molar-refractivity contribution in [2.24, 2.45) is 0 Å². The number of aliphatic hydroxyl groups excluding tert-OH is 1. The van der Waals surface area contributed by atoms with Gasteiger partial charge < -0.3 is 9.84 Å². The van der Waals surface area contributed by atoms with Crippen LogP contribution in [0.5, 0.6) is 0 Å². The van der Waals surface area contributed by atoms with E-state index in [-0.39, 0.29) is 6.10 Å². The molecular weight excluding hydrogens is 268 g/mol. The summed E-state index contributed by atoms with van der Waals surface area (Å²) in [4.78, 5) is 0. The van der Waals surface area contributed by atoms with E-state index in [9.17, 15) is 5.11 Å². The van der Waals surface area contributed by atoms with Crippen molar-refractivity contribution >= 4 is 15.9 Å². The van der Waals surface area contributed by atoms with Gasteiger partial charge in [0.05, 0.1) is 6.61 Å². The third-order valence-corrected chi connectivity index (χ3v) is 2.93. The summed E-state index contributed by atoms with van der Waals surface area (Å²) < 4.78 is 6.52. The standard InChI is InChI=1S/C13H13BrO2/c14-11-6-7-13(12(15)8-11)16-9-10-4-2-1-3-5-10/h1-8,12-13,15H,9H2. The minimum absolute atomic E-state index is 0.262. The summed E-state index contributed by atoms with van der Waals surface area (Å²) in [7, 11) is 0. The third-order valence-electron chi connectivity index (χ3n) is 2.40. The normalized spacial score (nSPS) is 24.2. The molecule has 0 aromatic heterocycles. The van der Waals surface area contributed by atoms with Gasteiger partial charge >= 0.3 is 0 Å². The first-order valence-electron chi connectivity index (χ1n) is 5.15. The molecule has 0 bridgehead atoms. The number of hydrogen-bond donors (Lipinski definition) is 1. The SMILES string of the molecule is OC1C=C(Br)C=CC1OCc1ccccc1. The van der Waals surface area contributed by atoms with Gasteiger partial charge in [0.15, 0.2) is 0 Å². The Bertz CT molecular complexity index is 398. The number of halogens is 1. The average molecular weight is 281 g/mol. The van der Waals surface area contributed by atoms with Gasteiger partial charge in [-0.05, 0) is 17.7 Å². The van der Waals surface area contributed by atoms with Gasteiger partial charge in [0.1, 0.15) is 12.2 Å². The van der Waals surface area contributed by atoms with Crippen LogP contribution in [0.4, 0.5) is 0 Å². The van der Waals surface area contributed by atoms with E-state index in [4.69, 9.17) is 4.74 Å². The molecule has 2 rings (SSSR count). The first-order valence-corrected chi connectivity index (χ1v) is 5.94. The maximum atomic E-state index is 9.73. The molecule has 1 aliphatic rings. The lowest BCUT2D eigenvalue weighted by Gasteiger charge is -2.21. The monoisotopic (exact) mass is 280 g/mol. The number of hydrogen-bond acceptors (Lipinski definition) is 2. The molecule has 1 aromatic carbocycles. The predicted octanol–water partition coefficient (Wildman–Crippen LogP) is 2.78. The molecule has 0 radical (unpaired) electrons. The van der Waals surface area contributed by atoms with Gasteiger partial charge in [-0.15, -0.1) is 0 Å². The van der Waals surface area contributed by atoms with Crippen LogP contribution in [0.2, 0.25) is 0 Å². The highest BCUT2D eigenvalue weighted by Crippen LogP contribution is 2.19. The van der Waals surface area contributed by atoms with Crippen LogP contribution in [0, 0.1) is 0 Å². The fourth-order valence-electron chi connectivity index (χ4n) is 1.53. The molecule has 0 saturated carbocycles. The summed E-state index contributed by atoms with van der Waals surface area (Å²) in [5.74, 6) is 0.